The van der Waals surface area contributed by atoms with Crippen LogP contribution >= 0.6 is 22.7 Å². The number of aryl methyl sites for hydroxylation is 1. The quantitative estimate of drug-likeness (QED) is 0.522. The molecule has 1 aromatic carbocycles. The van der Waals surface area contributed by atoms with Crippen LogP contribution < -0.4 is 20.2 Å². The van der Waals surface area contributed by atoms with E-state index >= 15 is 0 Å². The largest absolute Gasteiger partial charge is 0.478 e. The van der Waals surface area contributed by atoms with Crippen molar-refractivity contribution in [3.05, 3.63) is 82.7 Å². The Morgan fingerprint density at radius 1 is 1.30 bits per heavy atom. The van der Waals surface area contributed by atoms with Crippen molar-refractivity contribution in [1.82, 2.24) is 4.57 Å². The van der Waals surface area contributed by atoms with Crippen LogP contribution in [0.5, 0.6) is 0 Å². The van der Waals surface area contributed by atoms with Gasteiger partial charge in [0.05, 0.1) is 23.4 Å². The van der Waals surface area contributed by atoms with Gasteiger partial charge in [-0.1, -0.05) is 23.5 Å². The molecule has 1 atom stereocenters. The Bertz CT molecular complexity index is 1450. The molecule has 0 amide bonds. The monoisotopic (exact) mass is 483 g/mol. The number of aromatic carboxylic acids is 1. The van der Waals surface area contributed by atoms with E-state index in [9.17, 15) is 19.5 Å². The molecule has 2 N–H and O–H groups in total. The number of hydrogen-bond donors (Lipinski definition) is 2. The highest BCUT2D eigenvalue weighted by Crippen LogP contribution is 2.33. The van der Waals surface area contributed by atoms with Crippen LogP contribution in [0, 0.1) is 6.92 Å². The van der Waals surface area contributed by atoms with Gasteiger partial charge in [-0.25, -0.2) is 14.6 Å². The first-order valence-electron chi connectivity index (χ1n) is 10.1. The molecule has 2 aromatic heterocycles. The van der Waals surface area contributed by atoms with Crippen LogP contribution in [0.1, 0.15) is 40.7 Å². The first kappa shape index (κ1) is 22.7. The lowest BCUT2D eigenvalue weighted by Gasteiger charge is -2.23. The Balaban J connectivity index is 1.83. The number of ether oxygens (including phenoxy) is 1. The number of aromatic nitrogens is 1. The summed E-state index contributed by atoms with van der Waals surface area (Å²) in [6.07, 6.45) is 1.55. The van der Waals surface area contributed by atoms with E-state index in [4.69, 9.17) is 4.74 Å². The van der Waals surface area contributed by atoms with E-state index < -0.39 is 18.0 Å². The maximum Gasteiger partial charge on any atom is 0.338 e. The lowest BCUT2D eigenvalue weighted by Crippen LogP contribution is -2.39. The van der Waals surface area contributed by atoms with Crippen LogP contribution in [0.25, 0.3) is 6.20 Å². The summed E-state index contributed by atoms with van der Waals surface area (Å²) in [5.41, 5.74) is 2.12. The van der Waals surface area contributed by atoms with Gasteiger partial charge >= 0.3 is 11.9 Å². The minimum absolute atomic E-state index is 0.144. The van der Waals surface area contributed by atoms with Gasteiger partial charge < -0.3 is 15.2 Å². The molecule has 0 aliphatic carbocycles. The van der Waals surface area contributed by atoms with Crippen LogP contribution in [0.3, 0.4) is 0 Å². The van der Waals surface area contributed by atoms with E-state index in [1.165, 1.54) is 39.4 Å². The molecule has 3 heterocycles. The van der Waals surface area contributed by atoms with Crippen LogP contribution in [0.15, 0.2) is 56.8 Å². The third-order valence-electron chi connectivity index (χ3n) is 5.17. The molecular formula is C23H21N3O5S2. The SMILES string of the molecule is CCOC(=O)C1=C(C)N=c2s/c(=C\Nc3cc(C(=O)O)ccc3C)c(=O)n2[C@@H]1c1cccs1. The topological polar surface area (TPSA) is 110 Å². The number of thiazole rings is 1. The lowest BCUT2D eigenvalue weighted by atomic mass is 10.0. The molecule has 1 aliphatic rings. The van der Waals surface area contributed by atoms with E-state index in [1.807, 2.05) is 24.4 Å². The summed E-state index contributed by atoms with van der Waals surface area (Å²) in [6.45, 7) is 5.53. The third-order valence-corrected chi connectivity index (χ3v) is 7.08. The van der Waals surface area contributed by atoms with Crippen LogP contribution in [-0.2, 0) is 9.53 Å². The van der Waals surface area contributed by atoms with E-state index in [0.717, 1.165) is 10.4 Å². The van der Waals surface area contributed by atoms with Crippen molar-refractivity contribution in [1.29, 1.82) is 0 Å². The highest BCUT2D eigenvalue weighted by atomic mass is 32.1. The zero-order valence-electron chi connectivity index (χ0n) is 18.1. The molecule has 0 radical (unpaired) electrons. The maximum absolute atomic E-state index is 13.4. The second-order valence-electron chi connectivity index (χ2n) is 7.30. The Kier molecular flexibility index (Phi) is 6.30. The third kappa shape index (κ3) is 4.27. The van der Waals surface area contributed by atoms with Crippen molar-refractivity contribution in [3.8, 4) is 0 Å². The number of anilines is 1. The Morgan fingerprint density at radius 2 is 2.09 bits per heavy atom. The molecule has 3 aromatic rings. The smallest absolute Gasteiger partial charge is 0.338 e. The minimum atomic E-state index is -1.03. The number of carbonyl (C=O) groups excluding carboxylic acids is 1. The standard InChI is InChI=1S/C23H21N3O5S2/c1-4-31-22(30)18-13(3)25-23-26(19(18)16-6-5-9-32-16)20(27)17(33-23)11-24-15-10-14(21(28)29)8-7-12(15)2/h5-11,19,24H,4H2,1-3H3,(H,28,29)/b17-11-/t19-/m1/s1. The van der Waals surface area contributed by atoms with E-state index in [1.54, 1.807) is 26.1 Å². The van der Waals surface area contributed by atoms with Gasteiger partial charge in [0.2, 0.25) is 0 Å². The summed E-state index contributed by atoms with van der Waals surface area (Å²) in [6, 6.07) is 7.86. The lowest BCUT2D eigenvalue weighted by molar-refractivity contribution is -0.139. The number of carbonyl (C=O) groups is 2. The number of nitrogens with one attached hydrogen (secondary N) is 1. The Morgan fingerprint density at radius 3 is 2.76 bits per heavy atom. The number of fused-ring (bicyclic) bond motifs is 1. The highest BCUT2D eigenvalue weighted by Gasteiger charge is 2.33. The zero-order valence-corrected chi connectivity index (χ0v) is 19.8. The van der Waals surface area contributed by atoms with Crippen molar-refractivity contribution < 1.29 is 19.4 Å². The van der Waals surface area contributed by atoms with Crippen molar-refractivity contribution >= 4 is 46.5 Å². The van der Waals surface area contributed by atoms with Crippen LogP contribution in [0.2, 0.25) is 0 Å². The van der Waals surface area contributed by atoms with Crippen molar-refractivity contribution in [2.45, 2.75) is 26.8 Å². The van der Waals surface area contributed by atoms with Crippen LogP contribution in [0.4, 0.5) is 5.69 Å². The van der Waals surface area contributed by atoms with Gasteiger partial charge in [0, 0.05) is 16.8 Å². The molecule has 4 rings (SSSR count). The number of carboxylic acid groups (broad SMARTS) is 1. The summed E-state index contributed by atoms with van der Waals surface area (Å²) >= 11 is 2.65. The van der Waals surface area contributed by atoms with Crippen molar-refractivity contribution in [3.63, 3.8) is 0 Å². The molecule has 8 nitrogen and oxygen atoms in total. The Hall–Kier alpha value is -3.50. The maximum atomic E-state index is 13.4. The highest BCUT2D eigenvalue weighted by molar-refractivity contribution is 7.10. The first-order chi connectivity index (χ1) is 15.8. The average molecular weight is 484 g/mol. The van der Waals surface area contributed by atoms with Crippen molar-refractivity contribution in [2.24, 2.45) is 4.99 Å². The van der Waals surface area contributed by atoms with E-state index in [0.29, 0.717) is 26.3 Å². The number of thiophene rings is 1. The predicted molar refractivity (Wildman–Crippen MR) is 127 cm³/mol. The fraction of sp³-hybridized carbons (Fsp3) is 0.217. The number of benzene rings is 1. The summed E-state index contributed by atoms with van der Waals surface area (Å²) in [5, 5.41) is 14.2. The van der Waals surface area contributed by atoms with Gasteiger partial charge in [0.1, 0.15) is 10.6 Å². The summed E-state index contributed by atoms with van der Waals surface area (Å²) in [5.74, 6) is -1.53. The second-order valence-corrected chi connectivity index (χ2v) is 9.29. The van der Waals surface area contributed by atoms with Gasteiger partial charge in [0.25, 0.3) is 5.56 Å². The second kappa shape index (κ2) is 9.16. The summed E-state index contributed by atoms with van der Waals surface area (Å²) in [4.78, 5) is 43.3. The minimum Gasteiger partial charge on any atom is -0.478 e. The predicted octanol–water partition coefficient (Wildman–Crippen LogP) is 2.89. The molecule has 33 heavy (non-hydrogen) atoms. The number of hydrogen-bond acceptors (Lipinski definition) is 8. The Labute approximate surface area is 196 Å². The number of rotatable bonds is 6. The molecule has 0 fully saturated rings. The van der Waals surface area contributed by atoms with E-state index in [2.05, 4.69) is 10.3 Å². The van der Waals surface area contributed by atoms with E-state index in [-0.39, 0.29) is 17.7 Å². The van der Waals surface area contributed by atoms with Gasteiger partial charge in [0.15, 0.2) is 4.80 Å². The summed E-state index contributed by atoms with van der Waals surface area (Å²) in [7, 11) is 0. The fourth-order valence-electron chi connectivity index (χ4n) is 3.56. The molecule has 0 saturated heterocycles. The van der Waals surface area contributed by atoms with Gasteiger partial charge in [-0.15, -0.1) is 11.3 Å². The summed E-state index contributed by atoms with van der Waals surface area (Å²) < 4.78 is 7.16. The van der Waals surface area contributed by atoms with Crippen LogP contribution in [-0.4, -0.2) is 28.2 Å². The van der Waals surface area contributed by atoms with Gasteiger partial charge in [-0.3, -0.25) is 9.36 Å². The number of allylic oxidation sites excluding steroid dienone is 1. The average Bonchev–Trinajstić information content (AvgIpc) is 3.40. The molecular weight excluding hydrogens is 462 g/mol. The number of nitrogens with zero attached hydrogens (tertiary/aromatic N) is 2. The molecule has 0 spiro atoms. The fourth-order valence-corrected chi connectivity index (χ4v) is 5.35. The van der Waals surface area contributed by atoms with Gasteiger partial charge in [-0.2, -0.15) is 0 Å². The molecule has 0 bridgehead atoms. The van der Waals surface area contributed by atoms with Gasteiger partial charge in [-0.05, 0) is 49.9 Å². The molecule has 0 saturated carbocycles. The van der Waals surface area contributed by atoms with Crippen molar-refractivity contribution in [2.75, 3.05) is 11.9 Å². The normalized spacial score (nSPS) is 15.7. The molecule has 170 valence electrons. The number of carboxylic acids is 1. The molecule has 0 unspecified atom stereocenters. The zero-order chi connectivity index (χ0) is 23.7. The number of esters is 1. The molecule has 10 heteroatoms. The molecule has 1 aliphatic heterocycles. The first-order valence-corrected chi connectivity index (χ1v) is 11.8.